The summed E-state index contributed by atoms with van der Waals surface area (Å²) in [5.41, 5.74) is 0. The van der Waals surface area contributed by atoms with Gasteiger partial charge in [-0.15, -0.1) is 0 Å². The van der Waals surface area contributed by atoms with E-state index in [9.17, 15) is 19.5 Å². The van der Waals surface area contributed by atoms with Crippen molar-refractivity contribution in [2.45, 2.75) is 296 Å². The van der Waals surface area contributed by atoms with Gasteiger partial charge in [0.15, 0.2) is 6.10 Å². The zero-order chi connectivity index (χ0) is 56.2. The number of carboxylic acid groups (broad SMARTS) is 1. The summed E-state index contributed by atoms with van der Waals surface area (Å²) in [7, 11) is 5.97. The Morgan fingerprint density at radius 3 is 1.12 bits per heavy atom. The van der Waals surface area contributed by atoms with Gasteiger partial charge in [0.25, 0.3) is 6.29 Å². The molecule has 0 fully saturated rings. The van der Waals surface area contributed by atoms with Crippen molar-refractivity contribution < 1.29 is 42.9 Å². The second-order valence-corrected chi connectivity index (χ2v) is 22.7. The molecule has 9 nitrogen and oxygen atoms in total. The van der Waals surface area contributed by atoms with E-state index in [0.717, 1.165) is 89.9 Å². The number of unbranched alkanes of at least 4 members (excludes halogenated alkanes) is 32. The van der Waals surface area contributed by atoms with E-state index in [1.165, 1.54) is 167 Å². The summed E-state index contributed by atoms with van der Waals surface area (Å²) in [6, 6.07) is 0. The van der Waals surface area contributed by atoms with Crippen LogP contribution in [0.25, 0.3) is 0 Å². The lowest BCUT2D eigenvalue weighted by atomic mass is 10.0. The summed E-state index contributed by atoms with van der Waals surface area (Å²) < 4.78 is 22.9. The van der Waals surface area contributed by atoms with Crippen LogP contribution in [0, 0.1) is 0 Å². The van der Waals surface area contributed by atoms with Crippen molar-refractivity contribution >= 4 is 17.9 Å². The maximum atomic E-state index is 12.9. The van der Waals surface area contributed by atoms with Crippen LogP contribution < -0.4 is 0 Å². The average Bonchev–Trinajstić information content (AvgIpc) is 3.40. The van der Waals surface area contributed by atoms with Gasteiger partial charge in [0, 0.05) is 12.8 Å². The summed E-state index contributed by atoms with van der Waals surface area (Å²) in [5.74, 6) is -2.00. The number of hydrogen-bond acceptors (Lipinski definition) is 7. The van der Waals surface area contributed by atoms with Gasteiger partial charge in [0.1, 0.15) is 13.2 Å². The van der Waals surface area contributed by atoms with Crippen LogP contribution in [-0.4, -0.2) is 87.4 Å². The highest BCUT2D eigenvalue weighted by Crippen LogP contribution is 2.17. The van der Waals surface area contributed by atoms with Crippen molar-refractivity contribution in [3.05, 3.63) is 72.9 Å². The Labute approximate surface area is 475 Å². The van der Waals surface area contributed by atoms with E-state index in [2.05, 4.69) is 86.8 Å². The molecule has 0 saturated heterocycles. The van der Waals surface area contributed by atoms with E-state index < -0.39 is 24.3 Å². The number of likely N-dealkylation sites (N-methyl/N-ethyl adjacent to an activating group) is 1. The summed E-state index contributed by atoms with van der Waals surface area (Å²) in [4.78, 5) is 37.4. The Morgan fingerprint density at radius 2 is 0.740 bits per heavy atom. The Morgan fingerprint density at radius 1 is 0.403 bits per heavy atom. The predicted octanol–water partition coefficient (Wildman–Crippen LogP) is 19.4. The normalized spacial score (nSPS) is 13.2. The fourth-order valence-electron chi connectivity index (χ4n) is 9.04. The molecule has 0 heterocycles. The molecule has 1 N–H and O–H groups in total. The summed E-state index contributed by atoms with van der Waals surface area (Å²) in [6.07, 6.45) is 74.5. The van der Waals surface area contributed by atoms with Crippen LogP contribution in [0.15, 0.2) is 72.9 Å². The molecule has 77 heavy (non-hydrogen) atoms. The molecular weight excluding hydrogens is 959 g/mol. The van der Waals surface area contributed by atoms with Gasteiger partial charge in [-0.2, -0.15) is 0 Å². The van der Waals surface area contributed by atoms with Crippen LogP contribution in [0.2, 0.25) is 0 Å². The molecule has 9 heteroatoms. The van der Waals surface area contributed by atoms with E-state index in [-0.39, 0.29) is 32.2 Å². The van der Waals surface area contributed by atoms with Crippen LogP contribution in [0.3, 0.4) is 0 Å². The number of carboxylic acids is 1. The smallest absolute Gasteiger partial charge is 0.361 e. The topological polar surface area (TPSA) is 108 Å². The minimum atomic E-state index is -1.51. The van der Waals surface area contributed by atoms with Crippen molar-refractivity contribution in [3.63, 3.8) is 0 Å². The largest absolute Gasteiger partial charge is 0.477 e. The molecule has 0 saturated carbocycles. The third kappa shape index (κ3) is 60.2. The SMILES string of the molecule is CC/C=C\C/C=C\C/C=C\C/C=C\C/C=C\CCCCCCCCCCCCCCCCCCCCCCCCCC(=O)OC(COC(=O)CCCCCCC/C=C\CCCCCC)COC(OCC[N+](C)(C)C)C(=O)O. The van der Waals surface area contributed by atoms with Crippen LogP contribution in [-0.2, 0) is 33.3 Å². The fraction of sp³-hybridized carbons (Fsp3) is 0.779. The maximum absolute atomic E-state index is 12.9. The van der Waals surface area contributed by atoms with Gasteiger partial charge >= 0.3 is 17.9 Å². The quantitative estimate of drug-likeness (QED) is 0.0211. The van der Waals surface area contributed by atoms with Crippen LogP contribution in [0.1, 0.15) is 284 Å². The van der Waals surface area contributed by atoms with Gasteiger partial charge in [0.2, 0.25) is 0 Å². The summed E-state index contributed by atoms with van der Waals surface area (Å²) in [6.45, 7) is 4.76. The maximum Gasteiger partial charge on any atom is 0.361 e. The number of allylic oxidation sites excluding steroid dienone is 12. The summed E-state index contributed by atoms with van der Waals surface area (Å²) in [5, 5.41) is 9.70. The van der Waals surface area contributed by atoms with E-state index in [0.29, 0.717) is 17.4 Å². The molecule has 0 spiro atoms. The molecule has 0 aromatic heterocycles. The molecular formula is C68H122NO8+. The van der Waals surface area contributed by atoms with Crippen LogP contribution in [0.5, 0.6) is 0 Å². The molecule has 0 rings (SSSR count). The average molecular weight is 1080 g/mol. The zero-order valence-corrected chi connectivity index (χ0v) is 50.9. The lowest BCUT2D eigenvalue weighted by molar-refractivity contribution is -0.870. The van der Waals surface area contributed by atoms with E-state index in [1.54, 1.807) is 0 Å². The molecule has 2 atom stereocenters. The fourth-order valence-corrected chi connectivity index (χ4v) is 9.04. The highest BCUT2D eigenvalue weighted by Gasteiger charge is 2.25. The number of esters is 2. The molecule has 0 aliphatic rings. The van der Waals surface area contributed by atoms with Gasteiger partial charge in [-0.3, -0.25) is 9.59 Å². The second kappa shape index (κ2) is 58.9. The van der Waals surface area contributed by atoms with Crippen molar-refractivity contribution in [1.82, 2.24) is 0 Å². The number of rotatable bonds is 59. The minimum absolute atomic E-state index is 0.184. The van der Waals surface area contributed by atoms with Crippen molar-refractivity contribution in [3.8, 4) is 0 Å². The molecule has 0 radical (unpaired) electrons. The van der Waals surface area contributed by atoms with Gasteiger partial charge in [-0.05, 0) is 83.5 Å². The standard InChI is InChI=1S/C68H121NO8/c1-6-8-10-12-14-16-18-20-21-22-23-24-25-26-27-28-29-30-31-32-33-34-35-36-37-38-39-40-41-42-43-44-45-47-49-51-53-55-57-59-66(71)77-64(63-76-68(67(72)73)74-61-60-69(3,4)5)62-75-65(70)58-56-54-52-50-48-46-19-17-15-13-11-9-7-2/h8,10,14,16-17,19-21,23-24,26-27,64,68H,6-7,9,11-13,15,18,22,25,28-63H2,1-5H3/p+1/b10-8-,16-14-,19-17-,21-20-,24-23-,27-26-. The third-order valence-electron chi connectivity index (χ3n) is 13.9. The molecule has 0 amide bonds. The van der Waals surface area contributed by atoms with Crippen LogP contribution >= 0.6 is 0 Å². The van der Waals surface area contributed by atoms with E-state index in [4.69, 9.17) is 18.9 Å². The Hall–Kier alpha value is -3.27. The first kappa shape index (κ1) is 73.7. The number of quaternary nitrogens is 1. The van der Waals surface area contributed by atoms with Gasteiger partial charge in [-0.1, -0.05) is 260 Å². The highest BCUT2D eigenvalue weighted by atomic mass is 16.7. The highest BCUT2D eigenvalue weighted by molar-refractivity contribution is 5.71. The molecule has 2 unspecified atom stereocenters. The summed E-state index contributed by atoms with van der Waals surface area (Å²) >= 11 is 0. The predicted molar refractivity (Wildman–Crippen MR) is 327 cm³/mol. The second-order valence-electron chi connectivity index (χ2n) is 22.7. The number of nitrogens with zero attached hydrogens (tertiary/aromatic N) is 1. The van der Waals surface area contributed by atoms with Gasteiger partial charge < -0.3 is 28.5 Å². The monoisotopic (exact) mass is 1080 g/mol. The Kier molecular flexibility index (Phi) is 56.4. The number of ether oxygens (including phenoxy) is 4. The number of carbonyl (C=O) groups excluding carboxylic acids is 2. The lowest BCUT2D eigenvalue weighted by Gasteiger charge is -2.25. The van der Waals surface area contributed by atoms with Crippen LogP contribution in [0.4, 0.5) is 0 Å². The number of hydrogen-bond donors (Lipinski definition) is 1. The molecule has 0 bridgehead atoms. The third-order valence-corrected chi connectivity index (χ3v) is 13.9. The zero-order valence-electron chi connectivity index (χ0n) is 50.9. The first-order chi connectivity index (χ1) is 37.6. The molecule has 0 aromatic rings. The molecule has 0 aromatic carbocycles. The molecule has 0 aliphatic heterocycles. The first-order valence-corrected chi connectivity index (χ1v) is 32.1. The van der Waals surface area contributed by atoms with E-state index in [1.807, 2.05) is 21.1 Å². The van der Waals surface area contributed by atoms with Crippen molar-refractivity contribution in [2.24, 2.45) is 0 Å². The Bertz CT molecular complexity index is 1490. The Balaban J connectivity index is 3.96. The number of carbonyl (C=O) groups is 3. The number of aliphatic carboxylic acids is 1. The molecule has 0 aliphatic carbocycles. The molecule has 446 valence electrons. The van der Waals surface area contributed by atoms with Crippen molar-refractivity contribution in [1.29, 1.82) is 0 Å². The lowest BCUT2D eigenvalue weighted by Crippen LogP contribution is -2.40. The van der Waals surface area contributed by atoms with Gasteiger partial charge in [-0.25, -0.2) is 4.79 Å². The van der Waals surface area contributed by atoms with Gasteiger partial charge in [0.05, 0.1) is 34.4 Å². The van der Waals surface area contributed by atoms with E-state index >= 15 is 0 Å². The van der Waals surface area contributed by atoms with Crippen molar-refractivity contribution in [2.75, 3.05) is 47.5 Å². The minimum Gasteiger partial charge on any atom is -0.477 e. The first-order valence-electron chi connectivity index (χ1n) is 32.1.